The second-order valence-corrected chi connectivity index (χ2v) is 14.1. The van der Waals surface area contributed by atoms with Crippen LogP contribution in [0, 0.1) is 6.92 Å². The van der Waals surface area contributed by atoms with E-state index in [2.05, 4.69) is 14.9 Å². The summed E-state index contributed by atoms with van der Waals surface area (Å²) in [6.07, 6.45) is 1.45. The third-order valence-electron chi connectivity index (χ3n) is 5.78. The Labute approximate surface area is 219 Å². The van der Waals surface area contributed by atoms with Gasteiger partial charge in [0.25, 0.3) is 0 Å². The Morgan fingerprint density at radius 3 is 2.56 bits per heavy atom. The summed E-state index contributed by atoms with van der Waals surface area (Å²) >= 11 is 4.71. The first-order chi connectivity index (χ1) is 16.8. The van der Waals surface area contributed by atoms with Crippen LogP contribution in [0.15, 0.2) is 64.1 Å². The Bertz CT molecular complexity index is 1510. The molecule has 2 aromatic carbocycles. The summed E-state index contributed by atoms with van der Waals surface area (Å²) in [5.41, 5.74) is 4.29. The van der Waals surface area contributed by atoms with Gasteiger partial charge in [0.05, 0.1) is 6.04 Å². The number of rotatable bonds is 7. The lowest BCUT2D eigenvalue weighted by Crippen LogP contribution is -2.42. The topological polar surface area (TPSA) is 108 Å². The second kappa shape index (κ2) is 10.1. The molecule has 0 spiro atoms. The smallest absolute Gasteiger partial charge is 0.192 e. The molecule has 190 valence electrons. The zero-order chi connectivity index (χ0) is 26.3. The molecule has 0 bridgehead atoms. The molecular formula is C26H28ClN3O4S2. The van der Waals surface area contributed by atoms with Crippen LogP contribution in [-0.4, -0.2) is 34.1 Å². The molecule has 0 radical (unpaired) electrons. The normalized spacial score (nSPS) is 14.2. The van der Waals surface area contributed by atoms with Crippen molar-refractivity contribution in [2.24, 2.45) is 0 Å². The van der Waals surface area contributed by atoms with Crippen molar-refractivity contribution in [1.29, 1.82) is 0 Å². The first kappa shape index (κ1) is 26.6. The summed E-state index contributed by atoms with van der Waals surface area (Å²) in [4.78, 5) is 4.45. The summed E-state index contributed by atoms with van der Waals surface area (Å²) in [7, 11) is -3.48. The molecule has 2 atom stereocenters. The number of aromatic nitrogens is 2. The highest BCUT2D eigenvalue weighted by atomic mass is 35.5. The quantitative estimate of drug-likeness (QED) is 0.301. The Morgan fingerprint density at radius 1 is 1.14 bits per heavy atom. The molecule has 10 heteroatoms. The first-order valence-electron chi connectivity index (χ1n) is 11.3. The van der Waals surface area contributed by atoms with Crippen molar-refractivity contribution in [3.8, 4) is 11.3 Å². The number of benzene rings is 2. The Kier molecular flexibility index (Phi) is 7.50. The largest absolute Gasteiger partial charge is 0.598 e. The van der Waals surface area contributed by atoms with Crippen molar-refractivity contribution >= 4 is 43.8 Å². The van der Waals surface area contributed by atoms with Crippen molar-refractivity contribution in [1.82, 2.24) is 14.9 Å². The van der Waals surface area contributed by atoms with Gasteiger partial charge in [-0.15, -0.1) is 4.72 Å². The fourth-order valence-electron chi connectivity index (χ4n) is 3.80. The summed E-state index contributed by atoms with van der Waals surface area (Å²) < 4.78 is 45.9. The van der Waals surface area contributed by atoms with Gasteiger partial charge in [0.2, 0.25) is 0 Å². The molecule has 1 N–H and O–H groups in total. The number of halogens is 1. The van der Waals surface area contributed by atoms with Gasteiger partial charge in [-0.25, -0.2) is 13.4 Å². The minimum absolute atomic E-state index is 0.00597. The van der Waals surface area contributed by atoms with Gasteiger partial charge in [-0.3, -0.25) is 0 Å². The van der Waals surface area contributed by atoms with E-state index >= 15 is 0 Å². The predicted octanol–water partition coefficient (Wildman–Crippen LogP) is 5.59. The molecule has 2 aromatic heterocycles. The van der Waals surface area contributed by atoms with E-state index in [9.17, 15) is 13.0 Å². The summed E-state index contributed by atoms with van der Waals surface area (Å²) in [5, 5.41) is 5.67. The van der Waals surface area contributed by atoms with E-state index in [0.29, 0.717) is 28.4 Å². The zero-order valence-electron chi connectivity index (χ0n) is 20.7. The number of nitrogens with one attached hydrogen (secondary N) is 1. The zero-order valence-corrected chi connectivity index (χ0v) is 23.1. The number of nitrogens with zero attached hydrogens (tertiary/aromatic N) is 2. The van der Waals surface area contributed by atoms with Gasteiger partial charge < -0.3 is 9.08 Å². The van der Waals surface area contributed by atoms with E-state index < -0.39 is 32.0 Å². The molecule has 4 aromatic rings. The Morgan fingerprint density at radius 2 is 1.86 bits per heavy atom. The van der Waals surface area contributed by atoms with Gasteiger partial charge >= 0.3 is 0 Å². The van der Waals surface area contributed by atoms with Crippen molar-refractivity contribution in [2.75, 3.05) is 6.26 Å². The lowest BCUT2D eigenvalue weighted by atomic mass is 9.93. The van der Waals surface area contributed by atoms with Gasteiger partial charge in [-0.1, -0.05) is 47.1 Å². The van der Waals surface area contributed by atoms with Crippen LogP contribution in [0.5, 0.6) is 0 Å². The molecular weight excluding hydrogens is 518 g/mol. The number of fused-ring (bicyclic) bond motifs is 1. The Balaban J connectivity index is 1.84. The number of sulfone groups is 1. The molecule has 2 heterocycles. The van der Waals surface area contributed by atoms with Gasteiger partial charge in [0, 0.05) is 51.8 Å². The third-order valence-corrected chi connectivity index (χ3v) is 8.62. The highest BCUT2D eigenvalue weighted by Crippen LogP contribution is 2.36. The van der Waals surface area contributed by atoms with Crippen LogP contribution in [-0.2, 0) is 27.6 Å². The average Bonchev–Trinajstić information content (AvgIpc) is 3.21. The minimum Gasteiger partial charge on any atom is -0.598 e. The summed E-state index contributed by atoms with van der Waals surface area (Å²) in [5.74, 6) is 0. The minimum atomic E-state index is -3.48. The van der Waals surface area contributed by atoms with Crippen LogP contribution in [0.2, 0.25) is 5.02 Å². The maximum atomic E-state index is 13.2. The van der Waals surface area contributed by atoms with Crippen molar-refractivity contribution in [3.63, 3.8) is 0 Å². The average molecular weight is 546 g/mol. The first-order valence-corrected chi connectivity index (χ1v) is 14.8. The molecule has 0 amide bonds. The molecule has 0 saturated heterocycles. The maximum Gasteiger partial charge on any atom is 0.192 e. The fourth-order valence-corrected chi connectivity index (χ4v) is 5.38. The molecule has 0 fully saturated rings. The van der Waals surface area contributed by atoms with E-state index in [1.165, 1.54) is 6.07 Å². The predicted molar refractivity (Wildman–Crippen MR) is 144 cm³/mol. The lowest BCUT2D eigenvalue weighted by Gasteiger charge is -2.29. The summed E-state index contributed by atoms with van der Waals surface area (Å²) in [6, 6.07) is 15.8. The van der Waals surface area contributed by atoms with E-state index in [0.717, 1.165) is 28.3 Å². The monoisotopic (exact) mass is 545 g/mol. The molecule has 36 heavy (non-hydrogen) atoms. The molecule has 7 nitrogen and oxygen atoms in total. The standard InChI is InChI=1S/C26H28ClN3O4S2/c1-16-10-13-24(36(5,32)33)28-21(16)15-22(30-35(31)26(2,3)4)18-8-6-7-9-19(18)25-20-12-11-17(27)14-23(20)34-29-25/h6-14,22,30H,15H2,1-5H3/t22-,35?/m0/s1. The van der Waals surface area contributed by atoms with Crippen molar-refractivity contribution < 1.29 is 17.5 Å². The highest BCUT2D eigenvalue weighted by Gasteiger charge is 2.32. The van der Waals surface area contributed by atoms with Crippen LogP contribution in [0.25, 0.3) is 22.2 Å². The molecule has 0 aliphatic rings. The van der Waals surface area contributed by atoms with E-state index in [1.807, 2.05) is 58.0 Å². The van der Waals surface area contributed by atoms with Crippen molar-refractivity contribution in [3.05, 3.63) is 76.4 Å². The molecule has 4 rings (SSSR count). The fraction of sp³-hybridized carbons (Fsp3) is 0.308. The summed E-state index contributed by atoms with van der Waals surface area (Å²) in [6.45, 7) is 7.55. The number of pyridine rings is 1. The Hall–Kier alpha value is -2.43. The highest BCUT2D eigenvalue weighted by molar-refractivity contribution is 7.91. The number of aryl methyl sites for hydroxylation is 1. The molecule has 0 saturated carbocycles. The van der Waals surface area contributed by atoms with Gasteiger partial charge in [0.1, 0.15) is 10.4 Å². The molecule has 0 aliphatic heterocycles. The van der Waals surface area contributed by atoms with Gasteiger partial charge in [0.15, 0.2) is 20.4 Å². The van der Waals surface area contributed by atoms with Crippen LogP contribution in [0.4, 0.5) is 0 Å². The van der Waals surface area contributed by atoms with Crippen molar-refractivity contribution in [2.45, 2.75) is 49.9 Å². The lowest BCUT2D eigenvalue weighted by molar-refractivity contribution is 0.459. The van der Waals surface area contributed by atoms with E-state index in [-0.39, 0.29) is 5.03 Å². The maximum absolute atomic E-state index is 13.2. The van der Waals surface area contributed by atoms with Gasteiger partial charge in [-0.2, -0.15) is 0 Å². The third kappa shape index (κ3) is 5.76. The van der Waals surface area contributed by atoms with Crippen LogP contribution in [0.1, 0.15) is 43.6 Å². The van der Waals surface area contributed by atoms with E-state index in [4.69, 9.17) is 16.1 Å². The van der Waals surface area contributed by atoms with Crippen LogP contribution < -0.4 is 4.72 Å². The SMILES string of the molecule is Cc1ccc(S(C)(=O)=O)nc1C[C@H](N[S+]([O-])C(C)(C)C)c1ccccc1-c1noc2cc(Cl)ccc12. The molecule has 1 unspecified atom stereocenters. The number of hydrogen-bond acceptors (Lipinski definition) is 7. The molecule has 0 aliphatic carbocycles. The second-order valence-electron chi connectivity index (χ2n) is 9.70. The van der Waals surface area contributed by atoms with Crippen LogP contribution in [0.3, 0.4) is 0 Å². The van der Waals surface area contributed by atoms with E-state index in [1.54, 1.807) is 18.2 Å². The van der Waals surface area contributed by atoms with Gasteiger partial charge in [-0.05, 0) is 57.0 Å². The number of hydrogen-bond donors (Lipinski definition) is 1. The van der Waals surface area contributed by atoms with Crippen LogP contribution >= 0.6 is 11.6 Å².